The number of pyridine rings is 1. The van der Waals surface area contributed by atoms with Crippen LogP contribution in [0, 0.1) is 5.92 Å². The van der Waals surface area contributed by atoms with Gasteiger partial charge in [-0.2, -0.15) is 0 Å². The minimum absolute atomic E-state index is 0.801. The number of rotatable bonds is 4. The van der Waals surface area contributed by atoms with Crippen LogP contribution >= 0.6 is 15.9 Å². The number of aromatic nitrogens is 1. The van der Waals surface area contributed by atoms with Crippen LogP contribution < -0.4 is 10.6 Å². The monoisotopic (exact) mass is 269 g/mol. The van der Waals surface area contributed by atoms with Gasteiger partial charge in [-0.3, -0.25) is 0 Å². The maximum Gasteiger partial charge on any atom is 0.106 e. The normalized spacial score (nSPS) is 20.7. The van der Waals surface area contributed by atoms with E-state index in [4.69, 9.17) is 0 Å². The Morgan fingerprint density at radius 3 is 3.27 bits per heavy atom. The van der Waals surface area contributed by atoms with Gasteiger partial charge in [0.1, 0.15) is 4.60 Å². The fourth-order valence-corrected chi connectivity index (χ4v) is 2.27. The molecule has 0 saturated carbocycles. The van der Waals surface area contributed by atoms with Gasteiger partial charge in [-0.05, 0) is 65.6 Å². The standard InChI is InChI=1S/C11H16BrN3/c12-11-5-9(2-4-15-11)6-14-8-10-1-3-13-7-10/h2,4-5,10,13-14H,1,3,6-8H2/t10-/m1/s1. The highest BCUT2D eigenvalue weighted by Crippen LogP contribution is 2.09. The average molecular weight is 270 g/mol. The van der Waals surface area contributed by atoms with Crippen molar-refractivity contribution in [3.8, 4) is 0 Å². The summed E-state index contributed by atoms with van der Waals surface area (Å²) in [5, 5.41) is 6.85. The van der Waals surface area contributed by atoms with Crippen molar-refractivity contribution < 1.29 is 0 Å². The van der Waals surface area contributed by atoms with Gasteiger partial charge >= 0.3 is 0 Å². The Balaban J connectivity index is 1.73. The molecule has 1 aromatic rings. The SMILES string of the molecule is Brc1cc(CNC[C@@H]2CCNC2)ccn1. The van der Waals surface area contributed by atoms with E-state index in [0.717, 1.165) is 30.2 Å². The maximum absolute atomic E-state index is 4.10. The zero-order valence-corrected chi connectivity index (χ0v) is 10.3. The van der Waals surface area contributed by atoms with Crippen LogP contribution in [0.1, 0.15) is 12.0 Å². The molecule has 1 aromatic heterocycles. The van der Waals surface area contributed by atoms with E-state index in [-0.39, 0.29) is 0 Å². The molecule has 0 bridgehead atoms. The second-order valence-electron chi connectivity index (χ2n) is 3.98. The molecule has 4 heteroatoms. The van der Waals surface area contributed by atoms with Crippen LogP contribution in [-0.4, -0.2) is 24.6 Å². The van der Waals surface area contributed by atoms with Gasteiger partial charge in [-0.15, -0.1) is 0 Å². The number of halogens is 1. The fraction of sp³-hybridized carbons (Fsp3) is 0.545. The molecule has 0 spiro atoms. The minimum atomic E-state index is 0.801. The molecule has 2 heterocycles. The van der Waals surface area contributed by atoms with E-state index in [9.17, 15) is 0 Å². The van der Waals surface area contributed by atoms with Crippen LogP contribution in [0.4, 0.5) is 0 Å². The smallest absolute Gasteiger partial charge is 0.106 e. The van der Waals surface area contributed by atoms with E-state index in [0.29, 0.717) is 0 Å². The Labute approximate surface area is 98.8 Å². The van der Waals surface area contributed by atoms with Crippen LogP contribution in [0.3, 0.4) is 0 Å². The topological polar surface area (TPSA) is 37.0 Å². The van der Waals surface area contributed by atoms with E-state index in [1.807, 2.05) is 12.3 Å². The first-order valence-electron chi connectivity index (χ1n) is 5.36. The molecule has 0 unspecified atom stereocenters. The molecule has 1 aliphatic rings. The van der Waals surface area contributed by atoms with Gasteiger partial charge in [-0.1, -0.05) is 0 Å². The molecule has 2 rings (SSSR count). The van der Waals surface area contributed by atoms with Crippen molar-refractivity contribution >= 4 is 15.9 Å². The van der Waals surface area contributed by atoms with Gasteiger partial charge in [0.15, 0.2) is 0 Å². The molecule has 1 aliphatic heterocycles. The lowest BCUT2D eigenvalue weighted by Gasteiger charge is -2.09. The lowest BCUT2D eigenvalue weighted by molar-refractivity contribution is 0.512. The summed E-state index contributed by atoms with van der Waals surface area (Å²) in [5.74, 6) is 0.801. The first kappa shape index (κ1) is 11.0. The van der Waals surface area contributed by atoms with Crippen molar-refractivity contribution in [3.05, 3.63) is 28.5 Å². The summed E-state index contributed by atoms with van der Waals surface area (Å²) in [6.07, 6.45) is 3.13. The first-order chi connectivity index (χ1) is 7.34. The molecule has 15 heavy (non-hydrogen) atoms. The summed E-state index contributed by atoms with van der Waals surface area (Å²) in [5.41, 5.74) is 1.28. The molecule has 2 N–H and O–H groups in total. The largest absolute Gasteiger partial charge is 0.316 e. The highest BCUT2D eigenvalue weighted by Gasteiger charge is 2.13. The summed E-state index contributed by atoms with van der Waals surface area (Å²) < 4.78 is 0.907. The van der Waals surface area contributed by atoms with Crippen molar-refractivity contribution in [1.82, 2.24) is 15.6 Å². The van der Waals surface area contributed by atoms with Gasteiger partial charge in [0.25, 0.3) is 0 Å². The summed E-state index contributed by atoms with van der Waals surface area (Å²) in [6.45, 7) is 4.37. The third kappa shape index (κ3) is 3.55. The number of hydrogen-bond donors (Lipinski definition) is 2. The van der Waals surface area contributed by atoms with Gasteiger partial charge in [0.2, 0.25) is 0 Å². The molecule has 1 saturated heterocycles. The van der Waals surface area contributed by atoms with Crippen LogP contribution in [0.2, 0.25) is 0 Å². The van der Waals surface area contributed by atoms with E-state index in [2.05, 4.69) is 37.6 Å². The molecule has 0 aliphatic carbocycles. The van der Waals surface area contributed by atoms with Gasteiger partial charge < -0.3 is 10.6 Å². The van der Waals surface area contributed by atoms with Gasteiger partial charge in [-0.25, -0.2) is 4.98 Å². The summed E-state index contributed by atoms with van der Waals surface area (Å²) >= 11 is 3.37. The van der Waals surface area contributed by atoms with Crippen LogP contribution in [-0.2, 0) is 6.54 Å². The van der Waals surface area contributed by atoms with Gasteiger partial charge in [0, 0.05) is 12.7 Å². The van der Waals surface area contributed by atoms with Gasteiger partial charge in [0.05, 0.1) is 0 Å². The Kier molecular flexibility index (Phi) is 4.11. The Morgan fingerprint density at radius 2 is 2.53 bits per heavy atom. The highest BCUT2D eigenvalue weighted by molar-refractivity contribution is 9.10. The Hall–Kier alpha value is -0.450. The predicted octanol–water partition coefficient (Wildman–Crippen LogP) is 1.54. The molecule has 0 radical (unpaired) electrons. The Bertz CT molecular complexity index is 310. The summed E-state index contributed by atoms with van der Waals surface area (Å²) in [6, 6.07) is 4.10. The zero-order chi connectivity index (χ0) is 10.5. The average Bonchev–Trinajstić information content (AvgIpc) is 2.71. The van der Waals surface area contributed by atoms with Crippen molar-refractivity contribution in [2.75, 3.05) is 19.6 Å². The first-order valence-corrected chi connectivity index (χ1v) is 6.16. The summed E-state index contributed by atoms with van der Waals surface area (Å²) in [4.78, 5) is 4.10. The molecule has 0 aromatic carbocycles. The maximum atomic E-state index is 4.10. The molecule has 1 atom stereocenters. The third-order valence-corrected chi connectivity index (χ3v) is 3.15. The molecule has 3 nitrogen and oxygen atoms in total. The van der Waals surface area contributed by atoms with E-state index in [1.165, 1.54) is 18.5 Å². The predicted molar refractivity (Wildman–Crippen MR) is 64.6 cm³/mol. The molecular weight excluding hydrogens is 254 g/mol. The van der Waals surface area contributed by atoms with Crippen molar-refractivity contribution in [3.63, 3.8) is 0 Å². The van der Waals surface area contributed by atoms with Crippen molar-refractivity contribution in [1.29, 1.82) is 0 Å². The number of nitrogens with zero attached hydrogens (tertiary/aromatic N) is 1. The molecule has 82 valence electrons. The van der Waals surface area contributed by atoms with E-state index < -0.39 is 0 Å². The third-order valence-electron chi connectivity index (χ3n) is 2.72. The number of hydrogen-bond acceptors (Lipinski definition) is 3. The van der Waals surface area contributed by atoms with E-state index >= 15 is 0 Å². The molecular formula is C11H16BrN3. The quantitative estimate of drug-likeness (QED) is 0.815. The molecule has 1 fully saturated rings. The van der Waals surface area contributed by atoms with Crippen molar-refractivity contribution in [2.24, 2.45) is 5.92 Å². The van der Waals surface area contributed by atoms with Crippen molar-refractivity contribution in [2.45, 2.75) is 13.0 Å². The fourth-order valence-electron chi connectivity index (χ4n) is 1.86. The summed E-state index contributed by atoms with van der Waals surface area (Å²) in [7, 11) is 0. The minimum Gasteiger partial charge on any atom is -0.316 e. The second kappa shape index (κ2) is 5.58. The molecule has 0 amide bonds. The highest BCUT2D eigenvalue weighted by atomic mass is 79.9. The van der Waals surface area contributed by atoms with Crippen LogP contribution in [0.25, 0.3) is 0 Å². The number of nitrogens with one attached hydrogen (secondary N) is 2. The second-order valence-corrected chi connectivity index (χ2v) is 4.79. The van der Waals surface area contributed by atoms with E-state index in [1.54, 1.807) is 0 Å². The Morgan fingerprint density at radius 1 is 1.60 bits per heavy atom. The zero-order valence-electron chi connectivity index (χ0n) is 8.67. The van der Waals surface area contributed by atoms with Crippen LogP contribution in [0.15, 0.2) is 22.9 Å². The van der Waals surface area contributed by atoms with Crippen LogP contribution in [0.5, 0.6) is 0 Å². The lowest BCUT2D eigenvalue weighted by atomic mass is 10.1. The lowest BCUT2D eigenvalue weighted by Crippen LogP contribution is -2.24.